The van der Waals surface area contributed by atoms with Gasteiger partial charge in [-0.3, -0.25) is 0 Å². The predicted molar refractivity (Wildman–Crippen MR) is 77.9 cm³/mol. The van der Waals surface area contributed by atoms with Crippen molar-refractivity contribution in [3.8, 4) is 5.69 Å². The average molecular weight is 255 g/mol. The standard InChI is InChI=1S/C16H21N3/c1-12-5-3-4-6-16(12)19-13(2)15(11-18-19)14-7-9-17-10-8-14/h3-6,11,14,17H,7-10H2,1-2H3. The highest BCUT2D eigenvalue weighted by Crippen LogP contribution is 2.29. The van der Waals surface area contributed by atoms with Gasteiger partial charge in [-0.15, -0.1) is 0 Å². The maximum Gasteiger partial charge on any atom is 0.0677 e. The average Bonchev–Trinajstić information content (AvgIpc) is 2.82. The molecule has 2 aromatic rings. The molecular formula is C16H21N3. The van der Waals surface area contributed by atoms with Gasteiger partial charge >= 0.3 is 0 Å². The van der Waals surface area contributed by atoms with Crippen LogP contribution >= 0.6 is 0 Å². The van der Waals surface area contributed by atoms with Crippen molar-refractivity contribution in [1.82, 2.24) is 15.1 Å². The second-order valence-electron chi connectivity index (χ2n) is 5.41. The smallest absolute Gasteiger partial charge is 0.0677 e. The van der Waals surface area contributed by atoms with Crippen molar-refractivity contribution in [2.75, 3.05) is 13.1 Å². The van der Waals surface area contributed by atoms with Crippen LogP contribution < -0.4 is 5.32 Å². The Morgan fingerprint density at radius 3 is 2.63 bits per heavy atom. The van der Waals surface area contributed by atoms with Crippen LogP contribution in [0.1, 0.15) is 35.6 Å². The molecule has 1 aromatic carbocycles. The summed E-state index contributed by atoms with van der Waals surface area (Å²) in [5, 5.41) is 8.04. The first-order valence-electron chi connectivity index (χ1n) is 7.08. The number of nitrogens with one attached hydrogen (secondary N) is 1. The van der Waals surface area contributed by atoms with Gasteiger partial charge in [-0.25, -0.2) is 4.68 Å². The van der Waals surface area contributed by atoms with E-state index in [1.165, 1.54) is 35.3 Å². The topological polar surface area (TPSA) is 29.9 Å². The zero-order valence-electron chi connectivity index (χ0n) is 11.7. The van der Waals surface area contributed by atoms with Gasteiger partial charge < -0.3 is 5.32 Å². The molecule has 100 valence electrons. The number of hydrogen-bond acceptors (Lipinski definition) is 2. The number of nitrogens with zero attached hydrogens (tertiary/aromatic N) is 2. The van der Waals surface area contributed by atoms with Crippen LogP contribution in [0.25, 0.3) is 5.69 Å². The Morgan fingerprint density at radius 2 is 1.89 bits per heavy atom. The summed E-state index contributed by atoms with van der Waals surface area (Å²) in [4.78, 5) is 0. The molecule has 3 heteroatoms. The number of aromatic nitrogens is 2. The molecule has 0 aliphatic carbocycles. The molecule has 1 aliphatic heterocycles. The second kappa shape index (κ2) is 5.17. The van der Waals surface area contributed by atoms with E-state index in [1.807, 2.05) is 0 Å². The Hall–Kier alpha value is -1.61. The molecule has 0 atom stereocenters. The molecule has 1 aromatic heterocycles. The molecule has 1 saturated heterocycles. The minimum Gasteiger partial charge on any atom is -0.317 e. The molecule has 1 aliphatic rings. The Balaban J connectivity index is 1.97. The number of benzene rings is 1. The van der Waals surface area contributed by atoms with E-state index in [0.29, 0.717) is 5.92 Å². The number of hydrogen-bond donors (Lipinski definition) is 1. The third-order valence-electron chi connectivity index (χ3n) is 4.17. The molecule has 1 N–H and O–H groups in total. The predicted octanol–water partition coefficient (Wildman–Crippen LogP) is 2.96. The van der Waals surface area contributed by atoms with Crippen molar-refractivity contribution in [3.05, 3.63) is 47.3 Å². The summed E-state index contributed by atoms with van der Waals surface area (Å²) in [6.45, 7) is 6.58. The van der Waals surface area contributed by atoms with Crippen molar-refractivity contribution < 1.29 is 0 Å². The molecule has 0 spiro atoms. The molecule has 0 bridgehead atoms. The van der Waals surface area contributed by atoms with E-state index in [0.717, 1.165) is 13.1 Å². The summed E-state index contributed by atoms with van der Waals surface area (Å²) in [5.74, 6) is 0.666. The summed E-state index contributed by atoms with van der Waals surface area (Å²) in [6.07, 6.45) is 4.51. The Morgan fingerprint density at radius 1 is 1.16 bits per heavy atom. The van der Waals surface area contributed by atoms with Crippen molar-refractivity contribution >= 4 is 0 Å². The molecule has 0 saturated carbocycles. The van der Waals surface area contributed by atoms with Crippen molar-refractivity contribution in [2.45, 2.75) is 32.6 Å². The van der Waals surface area contributed by atoms with E-state index >= 15 is 0 Å². The first-order valence-corrected chi connectivity index (χ1v) is 7.08. The lowest BCUT2D eigenvalue weighted by atomic mass is 9.91. The van der Waals surface area contributed by atoms with Gasteiger partial charge in [0.2, 0.25) is 0 Å². The molecule has 19 heavy (non-hydrogen) atoms. The molecule has 0 amide bonds. The van der Waals surface area contributed by atoms with Crippen LogP contribution in [0.3, 0.4) is 0 Å². The van der Waals surface area contributed by atoms with E-state index in [2.05, 4.69) is 59.4 Å². The van der Waals surface area contributed by atoms with Crippen LogP contribution in [-0.2, 0) is 0 Å². The summed E-state index contributed by atoms with van der Waals surface area (Å²) in [6, 6.07) is 8.43. The lowest BCUT2D eigenvalue weighted by Crippen LogP contribution is -2.26. The molecule has 0 radical (unpaired) electrons. The van der Waals surface area contributed by atoms with E-state index in [1.54, 1.807) is 0 Å². The van der Waals surface area contributed by atoms with E-state index in [9.17, 15) is 0 Å². The van der Waals surface area contributed by atoms with Crippen LogP contribution in [0.2, 0.25) is 0 Å². The van der Waals surface area contributed by atoms with Crippen LogP contribution in [0, 0.1) is 13.8 Å². The van der Waals surface area contributed by atoms with Gasteiger partial charge in [-0.1, -0.05) is 18.2 Å². The SMILES string of the molecule is Cc1ccccc1-n1ncc(C2CCNCC2)c1C. The monoisotopic (exact) mass is 255 g/mol. The fourth-order valence-corrected chi connectivity index (χ4v) is 3.00. The molecular weight excluding hydrogens is 234 g/mol. The second-order valence-corrected chi connectivity index (χ2v) is 5.41. The van der Waals surface area contributed by atoms with Crippen molar-refractivity contribution in [1.29, 1.82) is 0 Å². The Labute approximate surface area is 114 Å². The number of para-hydroxylation sites is 1. The lowest BCUT2D eigenvalue weighted by Gasteiger charge is -2.22. The van der Waals surface area contributed by atoms with E-state index in [-0.39, 0.29) is 0 Å². The van der Waals surface area contributed by atoms with Crippen LogP contribution in [0.5, 0.6) is 0 Å². The third kappa shape index (κ3) is 2.30. The van der Waals surface area contributed by atoms with Crippen molar-refractivity contribution in [3.63, 3.8) is 0 Å². The highest BCUT2D eigenvalue weighted by molar-refractivity contribution is 5.42. The minimum absolute atomic E-state index is 0.666. The first-order chi connectivity index (χ1) is 9.27. The van der Waals surface area contributed by atoms with Crippen LogP contribution in [0.4, 0.5) is 0 Å². The fourth-order valence-electron chi connectivity index (χ4n) is 3.00. The molecule has 3 rings (SSSR count). The molecule has 0 unspecified atom stereocenters. The summed E-state index contributed by atoms with van der Waals surface area (Å²) < 4.78 is 2.09. The molecule has 1 fully saturated rings. The third-order valence-corrected chi connectivity index (χ3v) is 4.17. The van der Waals surface area contributed by atoms with Gasteiger partial charge in [-0.05, 0) is 62.9 Å². The van der Waals surface area contributed by atoms with Gasteiger partial charge in [0.05, 0.1) is 11.9 Å². The zero-order valence-corrected chi connectivity index (χ0v) is 11.7. The van der Waals surface area contributed by atoms with Gasteiger partial charge in [0.15, 0.2) is 0 Å². The molecule has 3 nitrogen and oxygen atoms in total. The highest BCUT2D eigenvalue weighted by Gasteiger charge is 2.20. The first kappa shape index (κ1) is 12.4. The maximum atomic E-state index is 4.62. The van der Waals surface area contributed by atoms with E-state index < -0.39 is 0 Å². The number of piperidine rings is 1. The fraction of sp³-hybridized carbons (Fsp3) is 0.438. The number of aryl methyl sites for hydroxylation is 1. The largest absolute Gasteiger partial charge is 0.317 e. The molecule has 2 heterocycles. The summed E-state index contributed by atoms with van der Waals surface area (Å²) in [7, 11) is 0. The quantitative estimate of drug-likeness (QED) is 0.894. The minimum atomic E-state index is 0.666. The van der Waals surface area contributed by atoms with Crippen LogP contribution in [0.15, 0.2) is 30.5 Å². The summed E-state index contributed by atoms with van der Waals surface area (Å²) in [5.41, 5.74) is 5.18. The zero-order chi connectivity index (χ0) is 13.2. The number of rotatable bonds is 2. The lowest BCUT2D eigenvalue weighted by molar-refractivity contribution is 0.459. The van der Waals surface area contributed by atoms with Gasteiger partial charge in [0, 0.05) is 5.69 Å². The van der Waals surface area contributed by atoms with E-state index in [4.69, 9.17) is 0 Å². The normalized spacial score (nSPS) is 16.7. The van der Waals surface area contributed by atoms with Gasteiger partial charge in [0.1, 0.15) is 0 Å². The van der Waals surface area contributed by atoms with Crippen LogP contribution in [-0.4, -0.2) is 22.9 Å². The Bertz CT molecular complexity index is 565. The van der Waals surface area contributed by atoms with Gasteiger partial charge in [0.25, 0.3) is 0 Å². The highest BCUT2D eigenvalue weighted by atomic mass is 15.3. The van der Waals surface area contributed by atoms with Gasteiger partial charge in [-0.2, -0.15) is 5.10 Å². The Kier molecular flexibility index (Phi) is 3.38. The maximum absolute atomic E-state index is 4.62. The van der Waals surface area contributed by atoms with Crippen molar-refractivity contribution in [2.24, 2.45) is 0 Å². The summed E-state index contributed by atoms with van der Waals surface area (Å²) >= 11 is 0.